The van der Waals surface area contributed by atoms with E-state index in [-0.39, 0.29) is 11.7 Å². The first-order valence-electron chi connectivity index (χ1n) is 6.62. The summed E-state index contributed by atoms with van der Waals surface area (Å²) in [7, 11) is 0. The van der Waals surface area contributed by atoms with E-state index in [1.165, 1.54) is 0 Å². The van der Waals surface area contributed by atoms with Crippen molar-refractivity contribution in [3.05, 3.63) is 28.3 Å². The van der Waals surface area contributed by atoms with Crippen LogP contribution in [0.3, 0.4) is 0 Å². The van der Waals surface area contributed by atoms with Crippen molar-refractivity contribution in [3.8, 4) is 5.75 Å². The molecule has 0 aromatic heterocycles. The number of hydrogen-bond donors (Lipinski definition) is 1. The van der Waals surface area contributed by atoms with Crippen molar-refractivity contribution in [2.24, 2.45) is 5.92 Å². The second-order valence-electron chi connectivity index (χ2n) is 5.02. The smallest absolute Gasteiger partial charge is 0.333 e. The Morgan fingerprint density at radius 1 is 1.37 bits per heavy atom. The van der Waals surface area contributed by atoms with Gasteiger partial charge in [-0.2, -0.15) is 0 Å². The Labute approximate surface area is 114 Å². The van der Waals surface area contributed by atoms with Crippen LogP contribution >= 0.6 is 0 Å². The molecule has 1 unspecified atom stereocenters. The van der Waals surface area contributed by atoms with Crippen LogP contribution in [0.25, 0.3) is 0 Å². The molecule has 1 rings (SSSR count). The van der Waals surface area contributed by atoms with Crippen LogP contribution in [0.15, 0.2) is 18.2 Å². The van der Waals surface area contributed by atoms with Crippen molar-refractivity contribution in [1.29, 1.82) is 0 Å². The Hall–Kier alpha value is -1.78. The van der Waals surface area contributed by atoms with Crippen molar-refractivity contribution in [3.63, 3.8) is 0 Å². The molecule has 5 nitrogen and oxygen atoms in total. The number of para-hydroxylation sites is 1. The van der Waals surface area contributed by atoms with Gasteiger partial charge in [0.2, 0.25) is 0 Å². The van der Waals surface area contributed by atoms with Gasteiger partial charge in [0.25, 0.3) is 0 Å². The van der Waals surface area contributed by atoms with Crippen LogP contribution in [0.5, 0.6) is 5.75 Å². The molecule has 19 heavy (non-hydrogen) atoms. The first-order chi connectivity index (χ1) is 8.95. The molecule has 0 amide bonds. The van der Waals surface area contributed by atoms with E-state index >= 15 is 0 Å². The number of nitrogens with zero attached hydrogens (tertiary/aromatic N) is 1. The molecule has 0 heterocycles. The van der Waals surface area contributed by atoms with Gasteiger partial charge in [0, 0.05) is 6.04 Å². The summed E-state index contributed by atoms with van der Waals surface area (Å²) >= 11 is 0. The standard InChI is InChI=1S/C14H22N2O3/c1-5-19-13-8-6-7-12(14(13)16(17)18)15-11(4)9-10(2)3/h6-8,10-11,15H,5,9H2,1-4H3. The fourth-order valence-corrected chi connectivity index (χ4v) is 2.13. The van der Waals surface area contributed by atoms with Crippen LogP contribution in [0.4, 0.5) is 11.4 Å². The third kappa shape index (κ3) is 4.43. The number of nitro benzene ring substituents is 1. The van der Waals surface area contributed by atoms with Gasteiger partial charge in [-0.05, 0) is 38.3 Å². The fourth-order valence-electron chi connectivity index (χ4n) is 2.13. The van der Waals surface area contributed by atoms with Crippen molar-refractivity contribution in [2.75, 3.05) is 11.9 Å². The van der Waals surface area contributed by atoms with E-state index in [0.29, 0.717) is 24.0 Å². The Bertz CT molecular complexity index is 433. The molecule has 0 saturated heterocycles. The molecule has 0 radical (unpaired) electrons. The Morgan fingerprint density at radius 3 is 2.58 bits per heavy atom. The van der Waals surface area contributed by atoms with Crippen LogP contribution in [0.2, 0.25) is 0 Å². The average molecular weight is 266 g/mol. The number of rotatable bonds is 7. The number of anilines is 1. The molecule has 0 fully saturated rings. The van der Waals surface area contributed by atoms with Gasteiger partial charge in [0.05, 0.1) is 11.5 Å². The van der Waals surface area contributed by atoms with Crippen LogP contribution in [-0.4, -0.2) is 17.6 Å². The summed E-state index contributed by atoms with van der Waals surface area (Å²) in [5.74, 6) is 0.853. The monoisotopic (exact) mass is 266 g/mol. The molecule has 106 valence electrons. The molecular weight excluding hydrogens is 244 g/mol. The highest BCUT2D eigenvalue weighted by Gasteiger charge is 2.21. The molecular formula is C14H22N2O3. The topological polar surface area (TPSA) is 64.4 Å². The Balaban J connectivity index is 2.99. The highest BCUT2D eigenvalue weighted by atomic mass is 16.6. The van der Waals surface area contributed by atoms with E-state index in [1.54, 1.807) is 18.2 Å². The van der Waals surface area contributed by atoms with Gasteiger partial charge in [0.1, 0.15) is 5.69 Å². The summed E-state index contributed by atoms with van der Waals surface area (Å²) in [5.41, 5.74) is 0.532. The molecule has 0 bridgehead atoms. The van der Waals surface area contributed by atoms with Crippen molar-refractivity contribution in [1.82, 2.24) is 0 Å². The predicted molar refractivity (Wildman–Crippen MR) is 76.8 cm³/mol. The summed E-state index contributed by atoms with van der Waals surface area (Å²) in [4.78, 5) is 10.8. The molecule has 1 atom stereocenters. The molecule has 1 aromatic rings. The minimum absolute atomic E-state index is 0.0138. The third-order valence-corrected chi connectivity index (χ3v) is 2.71. The minimum Gasteiger partial charge on any atom is -0.487 e. The molecule has 1 N–H and O–H groups in total. The lowest BCUT2D eigenvalue weighted by Crippen LogP contribution is -2.18. The van der Waals surface area contributed by atoms with E-state index in [4.69, 9.17) is 4.74 Å². The van der Waals surface area contributed by atoms with Crippen molar-refractivity contribution >= 4 is 11.4 Å². The highest BCUT2D eigenvalue weighted by molar-refractivity contribution is 5.68. The van der Waals surface area contributed by atoms with E-state index < -0.39 is 4.92 Å². The SMILES string of the molecule is CCOc1cccc(NC(C)CC(C)C)c1[N+](=O)[O-]. The first-order valence-corrected chi connectivity index (χ1v) is 6.62. The zero-order valence-corrected chi connectivity index (χ0v) is 12.0. The summed E-state index contributed by atoms with van der Waals surface area (Å²) < 4.78 is 5.32. The lowest BCUT2D eigenvalue weighted by molar-refractivity contribution is -0.385. The van der Waals surface area contributed by atoms with Gasteiger partial charge < -0.3 is 10.1 Å². The van der Waals surface area contributed by atoms with Gasteiger partial charge in [-0.3, -0.25) is 10.1 Å². The number of nitro groups is 1. The number of benzene rings is 1. The minimum atomic E-state index is -0.393. The summed E-state index contributed by atoms with van der Waals surface area (Å²) in [5, 5.41) is 14.4. The van der Waals surface area contributed by atoms with E-state index in [1.807, 2.05) is 13.8 Å². The first kappa shape index (κ1) is 15.3. The largest absolute Gasteiger partial charge is 0.487 e. The van der Waals surface area contributed by atoms with Gasteiger partial charge in [0.15, 0.2) is 5.75 Å². The predicted octanol–water partition coefficient (Wildman–Crippen LogP) is 3.84. The van der Waals surface area contributed by atoms with Crippen LogP contribution in [0.1, 0.15) is 34.1 Å². The van der Waals surface area contributed by atoms with Gasteiger partial charge in [-0.15, -0.1) is 0 Å². The number of hydrogen-bond acceptors (Lipinski definition) is 4. The van der Waals surface area contributed by atoms with Gasteiger partial charge in [-0.25, -0.2) is 0 Å². The summed E-state index contributed by atoms with van der Waals surface area (Å²) in [6.45, 7) is 8.50. The molecule has 0 saturated carbocycles. The lowest BCUT2D eigenvalue weighted by Gasteiger charge is -2.18. The van der Waals surface area contributed by atoms with Gasteiger partial charge in [-0.1, -0.05) is 19.9 Å². The van der Waals surface area contributed by atoms with Crippen molar-refractivity contribution in [2.45, 2.75) is 40.2 Å². The van der Waals surface area contributed by atoms with Crippen molar-refractivity contribution < 1.29 is 9.66 Å². The maximum atomic E-state index is 11.2. The zero-order valence-electron chi connectivity index (χ0n) is 12.0. The van der Waals surface area contributed by atoms with Crippen LogP contribution < -0.4 is 10.1 Å². The molecule has 1 aromatic carbocycles. The zero-order chi connectivity index (χ0) is 14.4. The maximum Gasteiger partial charge on any atom is 0.333 e. The third-order valence-electron chi connectivity index (χ3n) is 2.71. The quantitative estimate of drug-likeness (QED) is 0.601. The number of nitrogens with one attached hydrogen (secondary N) is 1. The molecule has 0 aliphatic rings. The Morgan fingerprint density at radius 2 is 2.05 bits per heavy atom. The molecule has 0 spiro atoms. The molecule has 0 aliphatic heterocycles. The second kappa shape index (κ2) is 6.97. The highest BCUT2D eigenvalue weighted by Crippen LogP contribution is 2.35. The van der Waals surface area contributed by atoms with E-state index in [0.717, 1.165) is 6.42 Å². The van der Waals surface area contributed by atoms with Gasteiger partial charge >= 0.3 is 5.69 Å². The molecule has 5 heteroatoms. The fraction of sp³-hybridized carbons (Fsp3) is 0.571. The summed E-state index contributed by atoms with van der Waals surface area (Å²) in [6, 6.07) is 5.29. The maximum absolute atomic E-state index is 11.2. The Kier molecular flexibility index (Phi) is 5.60. The molecule has 0 aliphatic carbocycles. The van der Waals surface area contributed by atoms with E-state index in [9.17, 15) is 10.1 Å². The summed E-state index contributed by atoms with van der Waals surface area (Å²) in [6.07, 6.45) is 0.954. The average Bonchev–Trinajstić information content (AvgIpc) is 2.27. The lowest BCUT2D eigenvalue weighted by atomic mass is 10.0. The number of ether oxygens (including phenoxy) is 1. The normalized spacial score (nSPS) is 12.3. The van der Waals surface area contributed by atoms with E-state index in [2.05, 4.69) is 19.2 Å². The second-order valence-corrected chi connectivity index (χ2v) is 5.02. The van der Waals surface area contributed by atoms with Crippen LogP contribution in [-0.2, 0) is 0 Å². The van der Waals surface area contributed by atoms with Crippen LogP contribution in [0, 0.1) is 16.0 Å².